The fourth-order valence-corrected chi connectivity index (χ4v) is 12.1. The smallest absolute Gasteiger partial charge is 0.462 e. The molecule has 0 spiro atoms. The molecule has 0 rings (SSSR count). The zero-order chi connectivity index (χ0) is 65.9. The van der Waals surface area contributed by atoms with Crippen LogP contribution in [0, 0.1) is 17.8 Å². The van der Waals surface area contributed by atoms with Crippen molar-refractivity contribution >= 4 is 39.5 Å². The number of phosphoric ester groups is 2. The summed E-state index contributed by atoms with van der Waals surface area (Å²) in [6.07, 6.45) is 44.3. The Bertz CT molecular complexity index is 1750. The predicted molar refractivity (Wildman–Crippen MR) is 358 cm³/mol. The molecule has 0 heterocycles. The van der Waals surface area contributed by atoms with Crippen LogP contribution in [0.4, 0.5) is 0 Å². The van der Waals surface area contributed by atoms with Crippen molar-refractivity contribution in [2.45, 2.75) is 369 Å². The highest BCUT2D eigenvalue weighted by Gasteiger charge is 2.30. The van der Waals surface area contributed by atoms with Crippen LogP contribution in [-0.4, -0.2) is 96.7 Å². The SMILES string of the molecule is CCCCCCCCCCCCCCCCC(=O)O[C@H](COC(=O)CCCCCCCCCCC(C)CC)COP(=O)(O)OC[C@@H](O)COP(=O)(O)OC[C@@H](COC(=O)CCCCCCCCCCC(C)C)OC(=O)CCCCCCCCCCC(C)CC. The van der Waals surface area contributed by atoms with E-state index in [1.54, 1.807) is 0 Å². The lowest BCUT2D eigenvalue weighted by atomic mass is 9.99. The zero-order valence-electron chi connectivity index (χ0n) is 57.9. The van der Waals surface area contributed by atoms with Crippen molar-refractivity contribution in [2.75, 3.05) is 39.6 Å². The Labute approximate surface area is 543 Å². The summed E-state index contributed by atoms with van der Waals surface area (Å²) < 4.78 is 68.3. The van der Waals surface area contributed by atoms with Crippen LogP contribution in [0.2, 0.25) is 0 Å². The Morgan fingerprint density at radius 2 is 0.573 bits per heavy atom. The van der Waals surface area contributed by atoms with E-state index in [9.17, 15) is 43.2 Å². The van der Waals surface area contributed by atoms with Gasteiger partial charge >= 0.3 is 39.5 Å². The van der Waals surface area contributed by atoms with E-state index in [-0.39, 0.29) is 25.7 Å². The molecule has 0 aromatic rings. The maximum absolute atomic E-state index is 13.0. The molecule has 7 atom stereocenters. The van der Waals surface area contributed by atoms with Gasteiger partial charge in [0.25, 0.3) is 0 Å². The molecule has 0 aliphatic carbocycles. The van der Waals surface area contributed by atoms with Gasteiger partial charge < -0.3 is 33.8 Å². The standard InChI is InChI=1S/C70H136O17P2/c1-8-11-12-13-14-15-16-17-18-19-20-32-39-46-53-69(74)86-65(57-81-68(73)52-45-38-31-25-22-28-35-42-49-62(6)9-2)59-84-88(76,77)82-55-64(71)56-83-89(78,79)85-60-66(58-80-67(72)51-44-37-30-24-21-27-34-41-48-61(4)5)87-70(75)54-47-40-33-26-23-29-36-43-50-63(7)10-3/h61-66,71H,8-60H2,1-7H3,(H,76,77)(H,78,79)/t62?,63?,64-,65-,66-/m1/s1. The van der Waals surface area contributed by atoms with Crippen molar-refractivity contribution in [1.29, 1.82) is 0 Å². The molecular formula is C70H136O17P2. The van der Waals surface area contributed by atoms with Crippen LogP contribution in [0.15, 0.2) is 0 Å². The average molecular weight is 1310 g/mol. The second kappa shape index (κ2) is 61.0. The van der Waals surface area contributed by atoms with Crippen molar-refractivity contribution in [3.63, 3.8) is 0 Å². The number of hydrogen-bond acceptors (Lipinski definition) is 15. The Kier molecular flexibility index (Phi) is 59.6. The van der Waals surface area contributed by atoms with Gasteiger partial charge in [-0.15, -0.1) is 0 Å². The highest BCUT2D eigenvalue weighted by Crippen LogP contribution is 2.45. The van der Waals surface area contributed by atoms with Gasteiger partial charge in [0.2, 0.25) is 0 Å². The van der Waals surface area contributed by atoms with E-state index < -0.39 is 97.5 Å². The fourth-order valence-electron chi connectivity index (χ4n) is 10.5. The molecule has 0 aromatic heterocycles. The minimum Gasteiger partial charge on any atom is -0.462 e. The van der Waals surface area contributed by atoms with Crippen molar-refractivity contribution in [2.24, 2.45) is 17.8 Å². The summed E-state index contributed by atoms with van der Waals surface area (Å²) in [7, 11) is -9.90. The molecule has 3 N–H and O–H groups in total. The number of aliphatic hydroxyl groups excluding tert-OH is 1. The number of aliphatic hydroxyl groups is 1. The average Bonchev–Trinajstić information content (AvgIpc) is 3.55. The number of rotatable bonds is 68. The van der Waals surface area contributed by atoms with Crippen LogP contribution >= 0.6 is 15.6 Å². The van der Waals surface area contributed by atoms with Crippen molar-refractivity contribution in [1.82, 2.24) is 0 Å². The minimum absolute atomic E-state index is 0.104. The quantitative estimate of drug-likeness (QED) is 0.0222. The summed E-state index contributed by atoms with van der Waals surface area (Å²) in [5.41, 5.74) is 0. The largest absolute Gasteiger partial charge is 0.472 e. The second-order valence-electron chi connectivity index (χ2n) is 26.2. The molecule has 19 heteroatoms. The van der Waals surface area contributed by atoms with Crippen LogP contribution in [0.1, 0.15) is 350 Å². The van der Waals surface area contributed by atoms with Gasteiger partial charge in [-0.1, -0.05) is 299 Å². The Morgan fingerprint density at radius 1 is 0.326 bits per heavy atom. The summed E-state index contributed by atoms with van der Waals surface area (Å²) in [5.74, 6) is 0.146. The number of phosphoric acid groups is 2. The molecule has 0 aliphatic heterocycles. The summed E-state index contributed by atoms with van der Waals surface area (Å²) in [6.45, 7) is 11.8. The van der Waals surface area contributed by atoms with E-state index in [1.165, 1.54) is 161 Å². The normalized spacial score (nSPS) is 14.8. The van der Waals surface area contributed by atoms with Gasteiger partial charge in [0.1, 0.15) is 19.3 Å². The van der Waals surface area contributed by atoms with Crippen molar-refractivity contribution in [3.8, 4) is 0 Å². The predicted octanol–water partition coefficient (Wildman–Crippen LogP) is 19.8. The monoisotopic (exact) mass is 1310 g/mol. The van der Waals surface area contributed by atoms with Crippen LogP contribution < -0.4 is 0 Å². The van der Waals surface area contributed by atoms with Crippen LogP contribution in [-0.2, 0) is 65.4 Å². The third-order valence-corrected chi connectivity index (χ3v) is 18.8. The first-order chi connectivity index (χ1) is 42.8. The van der Waals surface area contributed by atoms with Gasteiger partial charge in [-0.3, -0.25) is 37.3 Å². The second-order valence-corrected chi connectivity index (χ2v) is 29.1. The first-order valence-corrected chi connectivity index (χ1v) is 39.4. The topological polar surface area (TPSA) is 237 Å². The third-order valence-electron chi connectivity index (χ3n) is 16.9. The van der Waals surface area contributed by atoms with E-state index in [0.717, 1.165) is 108 Å². The van der Waals surface area contributed by atoms with E-state index >= 15 is 0 Å². The Hall–Kier alpha value is -1.94. The molecule has 4 unspecified atom stereocenters. The number of carbonyl (C=O) groups excluding carboxylic acids is 4. The van der Waals surface area contributed by atoms with Crippen LogP contribution in [0.5, 0.6) is 0 Å². The molecule has 0 aliphatic rings. The van der Waals surface area contributed by atoms with Gasteiger partial charge in [0, 0.05) is 25.7 Å². The van der Waals surface area contributed by atoms with Gasteiger partial charge in [-0.2, -0.15) is 0 Å². The first kappa shape index (κ1) is 87.1. The van der Waals surface area contributed by atoms with E-state index in [4.69, 9.17) is 37.0 Å². The zero-order valence-corrected chi connectivity index (χ0v) is 59.7. The van der Waals surface area contributed by atoms with Gasteiger partial charge in [-0.05, 0) is 43.4 Å². The van der Waals surface area contributed by atoms with Crippen molar-refractivity contribution in [3.05, 3.63) is 0 Å². The molecule has 89 heavy (non-hydrogen) atoms. The third kappa shape index (κ3) is 62.0. The van der Waals surface area contributed by atoms with E-state index in [2.05, 4.69) is 48.5 Å². The number of unbranched alkanes of at least 4 members (excludes halogenated alkanes) is 34. The molecule has 0 saturated heterocycles. The minimum atomic E-state index is -4.95. The van der Waals surface area contributed by atoms with Gasteiger partial charge in [0.05, 0.1) is 26.4 Å². The van der Waals surface area contributed by atoms with Crippen molar-refractivity contribution < 1.29 is 80.2 Å². The maximum Gasteiger partial charge on any atom is 0.472 e. The summed E-state index contributed by atoms with van der Waals surface area (Å²) in [5, 5.41) is 10.6. The fraction of sp³-hybridized carbons (Fsp3) is 0.943. The number of carbonyl (C=O) groups is 4. The summed E-state index contributed by atoms with van der Waals surface area (Å²) in [4.78, 5) is 72.6. The van der Waals surface area contributed by atoms with E-state index in [0.29, 0.717) is 25.7 Å². The van der Waals surface area contributed by atoms with E-state index in [1.807, 2.05) is 0 Å². The molecule has 0 aromatic carbocycles. The number of hydrogen-bond donors (Lipinski definition) is 3. The van der Waals surface area contributed by atoms with Gasteiger partial charge in [0.15, 0.2) is 12.2 Å². The summed E-state index contributed by atoms with van der Waals surface area (Å²) >= 11 is 0. The Balaban J connectivity index is 5.27. The molecule has 17 nitrogen and oxygen atoms in total. The highest BCUT2D eigenvalue weighted by atomic mass is 31.2. The van der Waals surface area contributed by atoms with Gasteiger partial charge in [-0.25, -0.2) is 9.13 Å². The molecular weight excluding hydrogens is 1170 g/mol. The Morgan fingerprint density at radius 3 is 0.854 bits per heavy atom. The lowest BCUT2D eigenvalue weighted by Gasteiger charge is -2.21. The number of ether oxygens (including phenoxy) is 4. The molecule has 0 saturated carbocycles. The molecule has 0 bridgehead atoms. The van der Waals surface area contributed by atoms with Crippen LogP contribution in [0.3, 0.4) is 0 Å². The molecule has 0 fully saturated rings. The molecule has 0 amide bonds. The molecule has 0 radical (unpaired) electrons. The lowest BCUT2D eigenvalue weighted by Crippen LogP contribution is -2.30. The lowest BCUT2D eigenvalue weighted by molar-refractivity contribution is -0.161. The van der Waals surface area contributed by atoms with Crippen LogP contribution in [0.25, 0.3) is 0 Å². The maximum atomic E-state index is 13.0. The number of esters is 4. The summed E-state index contributed by atoms with van der Waals surface area (Å²) in [6, 6.07) is 0. The highest BCUT2D eigenvalue weighted by molar-refractivity contribution is 7.47. The molecule has 528 valence electrons. The first-order valence-electron chi connectivity index (χ1n) is 36.4.